The third-order valence-electron chi connectivity index (χ3n) is 2.30. The second-order valence-electron chi connectivity index (χ2n) is 3.13. The fourth-order valence-electron chi connectivity index (χ4n) is 1.40. The minimum Gasteiger partial charge on any atom is -0.293 e. The Morgan fingerprint density at radius 1 is 1.54 bits per heavy atom. The van der Waals surface area contributed by atoms with Crippen molar-refractivity contribution in [2.75, 3.05) is 0 Å². The minimum absolute atomic E-state index is 0.213. The highest BCUT2D eigenvalue weighted by Gasteiger charge is 2.08. The number of aryl methyl sites for hydroxylation is 1. The molecule has 0 amide bonds. The van der Waals surface area contributed by atoms with Gasteiger partial charge in [0.2, 0.25) is 0 Å². The van der Waals surface area contributed by atoms with Gasteiger partial charge in [-0.3, -0.25) is 4.99 Å². The van der Waals surface area contributed by atoms with Gasteiger partial charge in [0, 0.05) is 4.43 Å². The van der Waals surface area contributed by atoms with Gasteiger partial charge in [0.15, 0.2) is 0 Å². The van der Waals surface area contributed by atoms with Crippen molar-refractivity contribution in [3.63, 3.8) is 0 Å². The van der Waals surface area contributed by atoms with Crippen molar-refractivity contribution >= 4 is 29.3 Å². The Labute approximate surface area is 93.4 Å². The largest absolute Gasteiger partial charge is 0.293 e. The number of benzene rings is 1. The second-order valence-corrected chi connectivity index (χ2v) is 3.90. The maximum Gasteiger partial charge on any atom is 0.0716 e. The maximum absolute atomic E-state index is 4.06. The Morgan fingerprint density at radius 2 is 2.23 bits per heavy atom. The monoisotopic (exact) mass is 287 g/mol. The molecule has 0 saturated heterocycles. The molecule has 0 radical (unpaired) electrons. The Kier molecular flexibility index (Phi) is 3.90. The standard InChI is InChI=1S/C11H14IN/c1-8-5-4-6-10(9(2)13-3)11(8)7-12/h4-6,9H,3,7H2,1-2H3/t9-/m1/s1. The quantitative estimate of drug-likeness (QED) is 0.457. The van der Waals surface area contributed by atoms with Crippen molar-refractivity contribution in [1.82, 2.24) is 0 Å². The highest BCUT2D eigenvalue weighted by Crippen LogP contribution is 2.25. The number of hydrogen-bond acceptors (Lipinski definition) is 1. The van der Waals surface area contributed by atoms with E-state index in [1.807, 2.05) is 0 Å². The van der Waals surface area contributed by atoms with Crippen molar-refractivity contribution in [2.24, 2.45) is 4.99 Å². The molecule has 0 N–H and O–H groups in total. The summed E-state index contributed by atoms with van der Waals surface area (Å²) in [6.45, 7) is 7.82. The third kappa shape index (κ3) is 2.30. The average Bonchev–Trinajstić information content (AvgIpc) is 2.16. The van der Waals surface area contributed by atoms with E-state index in [1.54, 1.807) is 0 Å². The fourth-order valence-corrected chi connectivity index (χ4v) is 2.44. The van der Waals surface area contributed by atoms with Crippen molar-refractivity contribution in [2.45, 2.75) is 24.3 Å². The van der Waals surface area contributed by atoms with E-state index < -0.39 is 0 Å². The first kappa shape index (κ1) is 10.7. The zero-order valence-electron chi connectivity index (χ0n) is 8.05. The molecule has 1 nitrogen and oxygen atoms in total. The molecule has 2 heteroatoms. The molecule has 0 fully saturated rings. The summed E-state index contributed by atoms with van der Waals surface area (Å²) < 4.78 is 1.04. The highest BCUT2D eigenvalue weighted by atomic mass is 127. The molecule has 0 aliphatic rings. The number of rotatable bonds is 3. The minimum atomic E-state index is 0.213. The first-order chi connectivity index (χ1) is 6.20. The topological polar surface area (TPSA) is 12.4 Å². The smallest absolute Gasteiger partial charge is 0.0716 e. The summed E-state index contributed by atoms with van der Waals surface area (Å²) in [5.74, 6) is 0. The van der Waals surface area contributed by atoms with Crippen LogP contribution in [0.5, 0.6) is 0 Å². The van der Waals surface area contributed by atoms with Crippen LogP contribution in [0.1, 0.15) is 29.7 Å². The van der Waals surface area contributed by atoms with Crippen LogP contribution in [-0.4, -0.2) is 6.72 Å². The maximum atomic E-state index is 4.06. The first-order valence-corrected chi connectivity index (χ1v) is 5.83. The molecular weight excluding hydrogens is 273 g/mol. The summed E-state index contributed by atoms with van der Waals surface area (Å²) in [6.07, 6.45) is 0. The predicted molar refractivity (Wildman–Crippen MR) is 66.9 cm³/mol. The van der Waals surface area contributed by atoms with Gasteiger partial charge in [-0.1, -0.05) is 40.8 Å². The van der Waals surface area contributed by atoms with Gasteiger partial charge in [0.05, 0.1) is 6.04 Å². The fraction of sp³-hybridized carbons (Fsp3) is 0.364. The number of aliphatic imine (C=N–C) groups is 1. The number of alkyl halides is 1. The van der Waals surface area contributed by atoms with Crippen LogP contribution >= 0.6 is 22.6 Å². The van der Waals surface area contributed by atoms with Crippen molar-refractivity contribution in [1.29, 1.82) is 0 Å². The zero-order chi connectivity index (χ0) is 9.84. The van der Waals surface area contributed by atoms with E-state index >= 15 is 0 Å². The summed E-state index contributed by atoms with van der Waals surface area (Å²) in [5, 5.41) is 0. The van der Waals surface area contributed by atoms with Gasteiger partial charge < -0.3 is 0 Å². The number of hydrogen-bond donors (Lipinski definition) is 0. The normalized spacial score (nSPS) is 12.5. The van der Waals surface area contributed by atoms with E-state index in [-0.39, 0.29) is 6.04 Å². The van der Waals surface area contributed by atoms with Crippen LogP contribution in [0.2, 0.25) is 0 Å². The van der Waals surface area contributed by atoms with Crippen LogP contribution in [0.4, 0.5) is 0 Å². The molecule has 1 aromatic carbocycles. The van der Waals surface area contributed by atoms with E-state index in [0.29, 0.717) is 0 Å². The summed E-state index contributed by atoms with van der Waals surface area (Å²) in [5.41, 5.74) is 4.06. The van der Waals surface area contributed by atoms with E-state index in [2.05, 4.69) is 66.3 Å². The molecular formula is C11H14IN. The SMILES string of the molecule is C=N[C@H](C)c1cccc(C)c1CI. The van der Waals surface area contributed by atoms with E-state index in [4.69, 9.17) is 0 Å². The number of nitrogens with zero attached hydrogens (tertiary/aromatic N) is 1. The van der Waals surface area contributed by atoms with E-state index in [0.717, 1.165) is 4.43 Å². The summed E-state index contributed by atoms with van der Waals surface area (Å²) in [4.78, 5) is 4.06. The van der Waals surface area contributed by atoms with E-state index in [9.17, 15) is 0 Å². The van der Waals surface area contributed by atoms with Gasteiger partial charge >= 0.3 is 0 Å². The molecule has 0 aromatic heterocycles. The van der Waals surface area contributed by atoms with Crippen LogP contribution in [0.3, 0.4) is 0 Å². The molecule has 70 valence electrons. The second kappa shape index (κ2) is 4.74. The number of halogens is 1. The Balaban J connectivity index is 3.19. The van der Waals surface area contributed by atoms with Gasteiger partial charge in [-0.2, -0.15) is 0 Å². The molecule has 0 aliphatic heterocycles. The Bertz CT molecular complexity index is 307. The lowest BCUT2D eigenvalue weighted by molar-refractivity contribution is 0.817. The zero-order valence-corrected chi connectivity index (χ0v) is 10.2. The molecule has 1 atom stereocenters. The van der Waals surface area contributed by atoms with Crippen LogP contribution in [0, 0.1) is 6.92 Å². The summed E-state index contributed by atoms with van der Waals surface area (Å²) >= 11 is 2.39. The lowest BCUT2D eigenvalue weighted by Crippen LogP contribution is -1.97. The third-order valence-corrected chi connectivity index (χ3v) is 3.07. The molecule has 13 heavy (non-hydrogen) atoms. The average molecular weight is 287 g/mol. The summed E-state index contributed by atoms with van der Waals surface area (Å²) in [6, 6.07) is 6.58. The lowest BCUT2D eigenvalue weighted by Gasteiger charge is -2.13. The Hall–Kier alpha value is -0.380. The molecule has 0 heterocycles. The van der Waals surface area contributed by atoms with Crippen molar-refractivity contribution < 1.29 is 0 Å². The molecule has 1 rings (SSSR count). The van der Waals surface area contributed by atoms with Crippen molar-refractivity contribution in [3.05, 3.63) is 34.9 Å². The van der Waals surface area contributed by atoms with E-state index in [1.165, 1.54) is 16.7 Å². The van der Waals surface area contributed by atoms with Gasteiger partial charge in [0.25, 0.3) is 0 Å². The molecule has 0 aliphatic carbocycles. The Morgan fingerprint density at radius 3 is 2.77 bits per heavy atom. The molecule has 0 spiro atoms. The predicted octanol–water partition coefficient (Wildman–Crippen LogP) is 3.69. The van der Waals surface area contributed by atoms with Gasteiger partial charge in [-0.05, 0) is 37.3 Å². The van der Waals surface area contributed by atoms with Crippen LogP contribution in [0.25, 0.3) is 0 Å². The lowest BCUT2D eigenvalue weighted by atomic mass is 9.99. The van der Waals surface area contributed by atoms with Crippen LogP contribution in [0.15, 0.2) is 23.2 Å². The first-order valence-electron chi connectivity index (χ1n) is 4.31. The molecule has 1 aromatic rings. The van der Waals surface area contributed by atoms with Crippen LogP contribution in [-0.2, 0) is 4.43 Å². The highest BCUT2D eigenvalue weighted by molar-refractivity contribution is 14.1. The molecule has 0 unspecified atom stereocenters. The molecule has 0 saturated carbocycles. The van der Waals surface area contributed by atoms with Gasteiger partial charge in [0.1, 0.15) is 0 Å². The van der Waals surface area contributed by atoms with Gasteiger partial charge in [-0.25, -0.2) is 0 Å². The van der Waals surface area contributed by atoms with Crippen LogP contribution < -0.4 is 0 Å². The van der Waals surface area contributed by atoms with Gasteiger partial charge in [-0.15, -0.1) is 0 Å². The van der Waals surface area contributed by atoms with Crippen molar-refractivity contribution in [3.8, 4) is 0 Å². The molecule has 0 bridgehead atoms. The summed E-state index contributed by atoms with van der Waals surface area (Å²) in [7, 11) is 0.